The average Bonchev–Trinajstić information content (AvgIpc) is 2.64. The quantitative estimate of drug-likeness (QED) is 0.763. The van der Waals surface area contributed by atoms with Crippen LogP contribution < -0.4 is 0 Å². The fraction of sp³-hybridized carbons (Fsp3) is 0.357. The topological polar surface area (TPSA) is 28.7 Å². The molecule has 1 aromatic heterocycles. The molecule has 0 N–H and O–H groups in total. The van der Waals surface area contributed by atoms with Crippen LogP contribution in [0.4, 0.5) is 0 Å². The Kier molecular flexibility index (Phi) is 2.96. The van der Waals surface area contributed by atoms with E-state index >= 15 is 0 Å². The highest BCUT2D eigenvalue weighted by molar-refractivity contribution is 5.86. The number of hydrogen-bond acceptors (Lipinski definition) is 1. The zero-order valence-corrected chi connectivity index (χ0v) is 9.83. The van der Waals surface area contributed by atoms with Gasteiger partial charge in [-0.25, -0.2) is 0 Å². The van der Waals surface area contributed by atoms with Gasteiger partial charge in [-0.05, 0) is 25.0 Å². The maximum Gasteiger partial charge on any atom is 0.101 e. The third-order valence-corrected chi connectivity index (χ3v) is 2.91. The molecule has 82 valence electrons. The normalized spacial score (nSPS) is 10.6. The average molecular weight is 212 g/mol. The lowest BCUT2D eigenvalue weighted by atomic mass is 10.1. The second kappa shape index (κ2) is 4.40. The minimum atomic E-state index is 0.783. The van der Waals surface area contributed by atoms with Crippen LogP contribution in [0, 0.1) is 18.3 Å². The molecular formula is C14H16N2. The van der Waals surface area contributed by atoms with E-state index in [-0.39, 0.29) is 0 Å². The van der Waals surface area contributed by atoms with E-state index in [9.17, 15) is 0 Å². The molecule has 0 radical (unpaired) electrons. The Hall–Kier alpha value is -1.75. The highest BCUT2D eigenvalue weighted by Crippen LogP contribution is 2.22. The molecule has 0 aliphatic carbocycles. The molecule has 0 saturated heterocycles. The van der Waals surface area contributed by atoms with Gasteiger partial charge in [-0.3, -0.25) is 0 Å². The molecular weight excluding hydrogens is 196 g/mol. The summed E-state index contributed by atoms with van der Waals surface area (Å²) in [4.78, 5) is 0. The number of aromatic nitrogens is 1. The summed E-state index contributed by atoms with van der Waals surface area (Å²) >= 11 is 0. The van der Waals surface area contributed by atoms with Crippen molar-refractivity contribution in [2.75, 3.05) is 0 Å². The molecule has 0 aliphatic rings. The van der Waals surface area contributed by atoms with Crippen LogP contribution in [0.2, 0.25) is 0 Å². The summed E-state index contributed by atoms with van der Waals surface area (Å²) in [6, 6.07) is 8.53. The van der Waals surface area contributed by atoms with E-state index in [1.807, 2.05) is 12.3 Å². The minimum Gasteiger partial charge on any atom is -0.346 e. The molecule has 0 atom stereocenters. The van der Waals surface area contributed by atoms with Crippen molar-refractivity contribution in [2.24, 2.45) is 0 Å². The SMILES string of the molecule is CCCCn1cc(C#N)c2ccc(C)cc21. The summed E-state index contributed by atoms with van der Waals surface area (Å²) < 4.78 is 2.20. The number of hydrogen-bond donors (Lipinski definition) is 0. The lowest BCUT2D eigenvalue weighted by Crippen LogP contribution is -1.95. The van der Waals surface area contributed by atoms with Gasteiger partial charge in [-0.1, -0.05) is 25.5 Å². The molecule has 1 heterocycles. The van der Waals surface area contributed by atoms with E-state index in [0.29, 0.717) is 0 Å². The summed E-state index contributed by atoms with van der Waals surface area (Å²) in [6.45, 7) is 5.27. The zero-order valence-electron chi connectivity index (χ0n) is 9.83. The van der Waals surface area contributed by atoms with Gasteiger partial charge in [0.2, 0.25) is 0 Å². The fourth-order valence-corrected chi connectivity index (χ4v) is 2.00. The molecule has 0 spiro atoms. The molecule has 16 heavy (non-hydrogen) atoms. The number of rotatable bonds is 3. The van der Waals surface area contributed by atoms with Gasteiger partial charge in [0, 0.05) is 23.6 Å². The van der Waals surface area contributed by atoms with Crippen molar-refractivity contribution in [3.63, 3.8) is 0 Å². The first-order valence-corrected chi connectivity index (χ1v) is 5.76. The fourth-order valence-electron chi connectivity index (χ4n) is 2.00. The van der Waals surface area contributed by atoms with Crippen LogP contribution in [0.1, 0.15) is 30.9 Å². The van der Waals surface area contributed by atoms with E-state index < -0.39 is 0 Å². The van der Waals surface area contributed by atoms with Gasteiger partial charge >= 0.3 is 0 Å². The summed E-state index contributed by atoms with van der Waals surface area (Å²) in [5.74, 6) is 0. The van der Waals surface area contributed by atoms with E-state index in [2.05, 4.69) is 36.6 Å². The maximum atomic E-state index is 9.08. The summed E-state index contributed by atoms with van der Waals surface area (Å²) in [6.07, 6.45) is 4.30. The van der Waals surface area contributed by atoms with Crippen LogP contribution in [0.25, 0.3) is 10.9 Å². The standard InChI is InChI=1S/C14H16N2/c1-3-4-7-16-10-12(9-15)13-6-5-11(2)8-14(13)16/h5-6,8,10H,3-4,7H2,1-2H3. The molecule has 2 heteroatoms. The van der Waals surface area contributed by atoms with Crippen molar-refractivity contribution in [3.05, 3.63) is 35.5 Å². The van der Waals surface area contributed by atoms with E-state index in [0.717, 1.165) is 23.9 Å². The van der Waals surface area contributed by atoms with Crippen molar-refractivity contribution in [1.29, 1.82) is 5.26 Å². The van der Waals surface area contributed by atoms with Crippen molar-refractivity contribution in [2.45, 2.75) is 33.2 Å². The minimum absolute atomic E-state index is 0.783. The Morgan fingerprint density at radius 3 is 2.88 bits per heavy atom. The third kappa shape index (κ3) is 1.81. The highest BCUT2D eigenvalue weighted by atomic mass is 15.0. The maximum absolute atomic E-state index is 9.08. The van der Waals surface area contributed by atoms with E-state index in [1.54, 1.807) is 0 Å². The number of aryl methyl sites for hydroxylation is 2. The number of nitriles is 1. The molecule has 0 amide bonds. The van der Waals surface area contributed by atoms with Crippen molar-refractivity contribution in [1.82, 2.24) is 4.57 Å². The number of nitrogens with zero attached hydrogens (tertiary/aromatic N) is 2. The second-order valence-corrected chi connectivity index (χ2v) is 4.22. The molecule has 0 bridgehead atoms. The van der Waals surface area contributed by atoms with Crippen molar-refractivity contribution < 1.29 is 0 Å². The Morgan fingerprint density at radius 2 is 2.19 bits per heavy atom. The first-order valence-electron chi connectivity index (χ1n) is 5.76. The summed E-state index contributed by atoms with van der Waals surface area (Å²) in [5.41, 5.74) is 3.21. The van der Waals surface area contributed by atoms with Gasteiger partial charge in [-0.2, -0.15) is 5.26 Å². The van der Waals surface area contributed by atoms with Gasteiger partial charge in [0.05, 0.1) is 5.56 Å². The molecule has 0 fully saturated rings. The van der Waals surface area contributed by atoms with Gasteiger partial charge < -0.3 is 4.57 Å². The monoisotopic (exact) mass is 212 g/mol. The van der Waals surface area contributed by atoms with Gasteiger partial charge in [0.15, 0.2) is 0 Å². The van der Waals surface area contributed by atoms with E-state index in [4.69, 9.17) is 5.26 Å². The van der Waals surface area contributed by atoms with Gasteiger partial charge in [0.1, 0.15) is 6.07 Å². The predicted molar refractivity (Wildman–Crippen MR) is 66.3 cm³/mol. The number of unbranched alkanes of at least 4 members (excludes halogenated alkanes) is 1. The van der Waals surface area contributed by atoms with Crippen LogP contribution >= 0.6 is 0 Å². The Labute approximate surface area is 96.1 Å². The number of fused-ring (bicyclic) bond motifs is 1. The molecule has 0 saturated carbocycles. The first kappa shape index (κ1) is 10.8. The second-order valence-electron chi connectivity index (χ2n) is 4.22. The van der Waals surface area contributed by atoms with Gasteiger partial charge in [0.25, 0.3) is 0 Å². The zero-order chi connectivity index (χ0) is 11.5. The predicted octanol–water partition coefficient (Wildman–Crippen LogP) is 3.62. The van der Waals surface area contributed by atoms with Crippen LogP contribution in [-0.2, 0) is 6.54 Å². The van der Waals surface area contributed by atoms with Crippen LogP contribution in [0.3, 0.4) is 0 Å². The van der Waals surface area contributed by atoms with Crippen LogP contribution in [-0.4, -0.2) is 4.57 Å². The summed E-state index contributed by atoms with van der Waals surface area (Å²) in [5, 5.41) is 10.2. The van der Waals surface area contributed by atoms with Crippen molar-refractivity contribution >= 4 is 10.9 Å². The van der Waals surface area contributed by atoms with Crippen LogP contribution in [0.5, 0.6) is 0 Å². The lowest BCUT2D eigenvalue weighted by molar-refractivity contribution is 0.649. The molecule has 2 nitrogen and oxygen atoms in total. The highest BCUT2D eigenvalue weighted by Gasteiger charge is 2.07. The van der Waals surface area contributed by atoms with Crippen LogP contribution in [0.15, 0.2) is 24.4 Å². The lowest BCUT2D eigenvalue weighted by Gasteiger charge is -2.04. The number of benzene rings is 1. The Morgan fingerprint density at radius 1 is 1.38 bits per heavy atom. The molecule has 2 rings (SSSR count). The largest absolute Gasteiger partial charge is 0.346 e. The van der Waals surface area contributed by atoms with Gasteiger partial charge in [-0.15, -0.1) is 0 Å². The Bertz CT molecular complexity index is 544. The molecule has 0 unspecified atom stereocenters. The smallest absolute Gasteiger partial charge is 0.101 e. The molecule has 2 aromatic rings. The molecule has 0 aliphatic heterocycles. The van der Waals surface area contributed by atoms with Crippen molar-refractivity contribution in [3.8, 4) is 6.07 Å². The Balaban J connectivity index is 2.56. The summed E-state index contributed by atoms with van der Waals surface area (Å²) in [7, 11) is 0. The van der Waals surface area contributed by atoms with E-state index in [1.165, 1.54) is 17.5 Å². The molecule has 1 aromatic carbocycles. The third-order valence-electron chi connectivity index (χ3n) is 2.91. The first-order chi connectivity index (χ1) is 7.76.